The van der Waals surface area contributed by atoms with E-state index in [-0.39, 0.29) is 0 Å². The molecule has 0 atom stereocenters. The predicted molar refractivity (Wildman–Crippen MR) is 60.9 cm³/mol. The Kier molecular flexibility index (Phi) is 4.82. The molecule has 1 aromatic heterocycles. The van der Waals surface area contributed by atoms with Crippen LogP contribution in [0.25, 0.3) is 0 Å². The van der Waals surface area contributed by atoms with E-state index in [9.17, 15) is 0 Å². The third-order valence-electron chi connectivity index (χ3n) is 2.49. The molecule has 0 aromatic carbocycles. The first kappa shape index (κ1) is 12.2. The highest BCUT2D eigenvalue weighted by molar-refractivity contribution is 5.07. The molecule has 85 valence electrons. The second-order valence-electron chi connectivity index (χ2n) is 4.16. The van der Waals surface area contributed by atoms with Gasteiger partial charge in [0.15, 0.2) is 6.33 Å². The molecule has 0 aliphatic carbocycles. The SMILES string of the molecule is Cc1n[c]n(CCCCOC(C)C)c1C. The standard InChI is InChI=1S/C12H21N2O/c1-10(2)15-8-6-5-7-14-9-13-11(3)12(14)4/h10H,5-8H2,1-4H3. The molecule has 3 heteroatoms. The second-order valence-corrected chi connectivity index (χ2v) is 4.16. The number of ether oxygens (including phenoxy) is 1. The summed E-state index contributed by atoms with van der Waals surface area (Å²) in [6.07, 6.45) is 5.57. The Bertz CT molecular complexity index is 292. The highest BCUT2D eigenvalue weighted by Crippen LogP contribution is 2.05. The van der Waals surface area contributed by atoms with Gasteiger partial charge in [0.1, 0.15) is 0 Å². The first-order valence-electron chi connectivity index (χ1n) is 5.64. The number of hydrogen-bond acceptors (Lipinski definition) is 2. The molecule has 0 saturated carbocycles. The van der Waals surface area contributed by atoms with Crippen molar-refractivity contribution in [2.75, 3.05) is 6.61 Å². The number of rotatable bonds is 6. The number of aromatic nitrogens is 2. The minimum atomic E-state index is 0.341. The Balaban J connectivity index is 2.18. The predicted octanol–water partition coefficient (Wildman–Crippen LogP) is 2.51. The molecule has 0 bridgehead atoms. The van der Waals surface area contributed by atoms with Gasteiger partial charge in [-0.2, -0.15) is 0 Å². The van der Waals surface area contributed by atoms with E-state index in [1.807, 2.05) is 6.92 Å². The molecule has 0 unspecified atom stereocenters. The Morgan fingerprint density at radius 1 is 1.33 bits per heavy atom. The van der Waals surface area contributed by atoms with Crippen molar-refractivity contribution < 1.29 is 4.74 Å². The van der Waals surface area contributed by atoms with E-state index in [2.05, 4.69) is 36.6 Å². The summed E-state index contributed by atoms with van der Waals surface area (Å²) in [6, 6.07) is 0. The molecule has 0 aliphatic heterocycles. The van der Waals surface area contributed by atoms with Gasteiger partial charge in [0.25, 0.3) is 0 Å². The molecule has 0 aliphatic rings. The van der Waals surface area contributed by atoms with Crippen molar-refractivity contribution in [2.24, 2.45) is 0 Å². The molecule has 1 heterocycles. The summed E-state index contributed by atoms with van der Waals surface area (Å²) < 4.78 is 7.57. The Morgan fingerprint density at radius 2 is 2.07 bits per heavy atom. The van der Waals surface area contributed by atoms with Crippen LogP contribution in [0.5, 0.6) is 0 Å². The van der Waals surface area contributed by atoms with Crippen LogP contribution < -0.4 is 0 Å². The molecule has 15 heavy (non-hydrogen) atoms. The van der Waals surface area contributed by atoms with Gasteiger partial charge in [-0.25, -0.2) is 4.98 Å². The topological polar surface area (TPSA) is 27.1 Å². The van der Waals surface area contributed by atoms with E-state index in [0.29, 0.717) is 6.10 Å². The molecule has 1 aromatic rings. The third kappa shape index (κ3) is 4.04. The van der Waals surface area contributed by atoms with Gasteiger partial charge in [-0.1, -0.05) is 0 Å². The maximum Gasteiger partial charge on any atom is 0.176 e. The van der Waals surface area contributed by atoms with Crippen molar-refractivity contribution in [1.29, 1.82) is 0 Å². The lowest BCUT2D eigenvalue weighted by molar-refractivity contribution is 0.0754. The van der Waals surface area contributed by atoms with Gasteiger partial charge in [0.2, 0.25) is 0 Å². The van der Waals surface area contributed by atoms with Crippen molar-refractivity contribution in [3.63, 3.8) is 0 Å². The average molecular weight is 209 g/mol. The summed E-state index contributed by atoms with van der Waals surface area (Å²) in [7, 11) is 0. The molecule has 0 spiro atoms. The van der Waals surface area contributed by atoms with E-state index >= 15 is 0 Å². The van der Waals surface area contributed by atoms with Gasteiger partial charge in [-0.3, -0.25) is 0 Å². The van der Waals surface area contributed by atoms with Gasteiger partial charge in [-0.15, -0.1) is 0 Å². The summed E-state index contributed by atoms with van der Waals surface area (Å²) in [5.41, 5.74) is 2.30. The van der Waals surface area contributed by atoms with E-state index in [1.165, 1.54) is 5.69 Å². The van der Waals surface area contributed by atoms with E-state index in [0.717, 1.165) is 31.7 Å². The normalized spacial score (nSPS) is 11.3. The van der Waals surface area contributed by atoms with Crippen LogP contribution in [-0.2, 0) is 11.3 Å². The highest BCUT2D eigenvalue weighted by atomic mass is 16.5. The molecule has 1 rings (SSSR count). The minimum Gasteiger partial charge on any atom is -0.379 e. The maximum atomic E-state index is 5.48. The fourth-order valence-corrected chi connectivity index (χ4v) is 1.40. The summed E-state index contributed by atoms with van der Waals surface area (Å²) >= 11 is 0. The lowest BCUT2D eigenvalue weighted by Crippen LogP contribution is -2.05. The average Bonchev–Trinajstić information content (AvgIpc) is 2.48. The molecule has 1 radical (unpaired) electrons. The molecule has 3 nitrogen and oxygen atoms in total. The summed E-state index contributed by atoms with van der Waals surface area (Å²) in [5, 5.41) is 0. The Labute approximate surface area is 92.5 Å². The minimum absolute atomic E-state index is 0.341. The van der Waals surface area contributed by atoms with E-state index in [4.69, 9.17) is 4.74 Å². The van der Waals surface area contributed by atoms with Crippen LogP contribution in [0.15, 0.2) is 0 Å². The lowest BCUT2D eigenvalue weighted by Gasteiger charge is -2.08. The first-order valence-corrected chi connectivity index (χ1v) is 5.64. The van der Waals surface area contributed by atoms with E-state index < -0.39 is 0 Å². The third-order valence-corrected chi connectivity index (χ3v) is 2.49. The largest absolute Gasteiger partial charge is 0.379 e. The number of hydrogen-bond donors (Lipinski definition) is 0. The van der Waals surface area contributed by atoms with Crippen LogP contribution in [-0.4, -0.2) is 22.3 Å². The fourth-order valence-electron chi connectivity index (χ4n) is 1.40. The van der Waals surface area contributed by atoms with Crippen LogP contribution >= 0.6 is 0 Å². The lowest BCUT2D eigenvalue weighted by atomic mass is 10.3. The zero-order valence-electron chi connectivity index (χ0n) is 10.2. The fraction of sp³-hybridized carbons (Fsp3) is 0.750. The van der Waals surface area contributed by atoms with Gasteiger partial charge in [0.05, 0.1) is 11.8 Å². The van der Waals surface area contributed by atoms with Crippen molar-refractivity contribution in [3.05, 3.63) is 17.7 Å². The summed E-state index contributed by atoms with van der Waals surface area (Å²) in [4.78, 5) is 4.15. The van der Waals surface area contributed by atoms with Gasteiger partial charge < -0.3 is 9.30 Å². The Morgan fingerprint density at radius 3 is 2.60 bits per heavy atom. The molecular formula is C12H21N2O. The number of unbranched alkanes of at least 4 members (excludes halogenated alkanes) is 1. The summed E-state index contributed by atoms with van der Waals surface area (Å²) in [5.74, 6) is 0. The molecule has 0 fully saturated rings. The highest BCUT2D eigenvalue weighted by Gasteiger charge is 2.01. The zero-order valence-corrected chi connectivity index (χ0v) is 10.2. The Hall–Kier alpha value is -0.830. The number of aryl methyl sites for hydroxylation is 2. The van der Waals surface area contributed by atoms with Crippen LogP contribution in [0, 0.1) is 20.2 Å². The van der Waals surface area contributed by atoms with Gasteiger partial charge in [-0.05, 0) is 40.5 Å². The van der Waals surface area contributed by atoms with Crippen LogP contribution in [0.4, 0.5) is 0 Å². The monoisotopic (exact) mass is 209 g/mol. The van der Waals surface area contributed by atoms with Crippen LogP contribution in [0.3, 0.4) is 0 Å². The maximum absolute atomic E-state index is 5.48. The number of imidazole rings is 1. The molecular weight excluding hydrogens is 188 g/mol. The summed E-state index contributed by atoms with van der Waals surface area (Å²) in [6.45, 7) is 10.1. The van der Waals surface area contributed by atoms with Crippen molar-refractivity contribution in [3.8, 4) is 0 Å². The molecule has 0 N–H and O–H groups in total. The van der Waals surface area contributed by atoms with Crippen molar-refractivity contribution in [2.45, 2.75) is 53.2 Å². The second kappa shape index (κ2) is 5.91. The van der Waals surface area contributed by atoms with Crippen molar-refractivity contribution >= 4 is 0 Å². The first-order chi connectivity index (χ1) is 7.11. The quantitative estimate of drug-likeness (QED) is 0.673. The van der Waals surface area contributed by atoms with Crippen LogP contribution in [0.2, 0.25) is 0 Å². The van der Waals surface area contributed by atoms with E-state index in [1.54, 1.807) is 0 Å². The van der Waals surface area contributed by atoms with Gasteiger partial charge in [0, 0.05) is 18.8 Å². The number of nitrogens with zero attached hydrogens (tertiary/aromatic N) is 2. The zero-order chi connectivity index (χ0) is 11.3. The molecule has 0 amide bonds. The smallest absolute Gasteiger partial charge is 0.176 e. The van der Waals surface area contributed by atoms with Crippen molar-refractivity contribution in [1.82, 2.24) is 9.55 Å². The van der Waals surface area contributed by atoms with Gasteiger partial charge >= 0.3 is 0 Å². The molecule has 0 saturated heterocycles. The van der Waals surface area contributed by atoms with Crippen LogP contribution in [0.1, 0.15) is 38.1 Å².